The highest BCUT2D eigenvalue weighted by molar-refractivity contribution is 5.76. The van der Waals surface area contributed by atoms with Gasteiger partial charge in [-0.3, -0.25) is 0 Å². The second-order valence-electron chi connectivity index (χ2n) is 12.3. The molecule has 15 N–H and O–H groups in total. The van der Waals surface area contributed by atoms with Gasteiger partial charge in [-0.2, -0.15) is 0 Å². The summed E-state index contributed by atoms with van der Waals surface area (Å²) < 4.78 is 33.6. The fraction of sp³-hybridized carbons (Fsp3) is 0.964. The van der Waals surface area contributed by atoms with Crippen molar-refractivity contribution < 1.29 is 99.6 Å². The predicted octanol–water partition coefficient (Wildman–Crippen LogP) is -7.61. The first kappa shape index (κ1) is 42.1. The summed E-state index contributed by atoms with van der Waals surface area (Å²) in [5.41, 5.74) is 5.47. The first-order valence-corrected chi connectivity index (χ1v) is 16.0. The Kier molecular flexibility index (Phi) is 16.3. The number of nitrogens with two attached hydrogens (primary N) is 1. The van der Waals surface area contributed by atoms with Gasteiger partial charge >= 0.3 is 5.97 Å². The van der Waals surface area contributed by atoms with Gasteiger partial charge in [-0.25, -0.2) is 4.79 Å². The molecule has 21 heteroatoms. The topological polar surface area (TPSA) is 361 Å². The molecule has 0 aliphatic carbocycles. The normalized spacial score (nSPS) is 42.0. The summed E-state index contributed by atoms with van der Waals surface area (Å²) >= 11 is 0. The number of unbranched alkanes of at least 4 members (excludes halogenated alkanes) is 2. The maximum absolute atomic E-state index is 12.3. The Balaban J connectivity index is 1.90. The Morgan fingerprint density at radius 1 is 0.735 bits per heavy atom. The summed E-state index contributed by atoms with van der Waals surface area (Å²) in [5.74, 6) is -5.64. The molecule has 3 heterocycles. The van der Waals surface area contributed by atoms with Gasteiger partial charge in [0.05, 0.1) is 51.2 Å². The van der Waals surface area contributed by atoms with Crippen LogP contribution in [-0.2, 0) is 33.2 Å². The Labute approximate surface area is 280 Å². The van der Waals surface area contributed by atoms with E-state index in [1.807, 2.05) is 0 Å². The number of rotatable bonds is 18. The quantitative estimate of drug-likeness (QED) is 0.0584. The van der Waals surface area contributed by atoms with Crippen LogP contribution in [0.25, 0.3) is 0 Å². The van der Waals surface area contributed by atoms with E-state index >= 15 is 0 Å². The molecule has 0 spiro atoms. The van der Waals surface area contributed by atoms with Gasteiger partial charge in [-0.1, -0.05) is 0 Å². The van der Waals surface area contributed by atoms with Crippen LogP contribution in [0.3, 0.4) is 0 Å². The number of aliphatic hydroxyl groups is 12. The predicted molar refractivity (Wildman–Crippen MR) is 156 cm³/mol. The number of aliphatic hydroxyl groups excluding tert-OH is 12. The van der Waals surface area contributed by atoms with Gasteiger partial charge in [0.25, 0.3) is 5.79 Å². The zero-order chi connectivity index (χ0) is 36.6. The highest BCUT2D eigenvalue weighted by atomic mass is 16.8. The van der Waals surface area contributed by atoms with Crippen LogP contribution < -0.4 is 5.73 Å². The summed E-state index contributed by atoms with van der Waals surface area (Å²) in [4.78, 5) is 12.3. The van der Waals surface area contributed by atoms with Gasteiger partial charge in [0.15, 0.2) is 12.6 Å². The van der Waals surface area contributed by atoms with Crippen LogP contribution in [0.2, 0.25) is 0 Å². The standard InChI is InChI=1S/C28H51NO20/c29-4-2-1-3-5-44-28(27(42)43)6-12(34)22(23(49-28)15(37)10-33)47-26-19(41)24(18(40)21(46-26)14(36)9-32)48-25-11(7-30)16(38)17(39)20(45-25)13(35)8-31/h11-26,30-41H,1-10,29H2,(H,42,43). The van der Waals surface area contributed by atoms with Crippen molar-refractivity contribution in [2.75, 3.05) is 39.6 Å². The van der Waals surface area contributed by atoms with Crippen molar-refractivity contribution in [3.63, 3.8) is 0 Å². The number of hydrogen-bond acceptors (Lipinski definition) is 20. The van der Waals surface area contributed by atoms with E-state index < -0.39 is 142 Å². The van der Waals surface area contributed by atoms with Gasteiger partial charge in [0, 0.05) is 6.42 Å². The van der Waals surface area contributed by atoms with E-state index in [4.69, 9.17) is 34.2 Å². The maximum Gasteiger partial charge on any atom is 0.364 e. The molecule has 17 unspecified atom stereocenters. The van der Waals surface area contributed by atoms with E-state index in [2.05, 4.69) is 0 Å². The summed E-state index contributed by atoms with van der Waals surface area (Å²) in [6.07, 6.45) is -27.2. The van der Waals surface area contributed by atoms with Gasteiger partial charge in [0.1, 0.15) is 67.1 Å². The first-order valence-electron chi connectivity index (χ1n) is 16.0. The van der Waals surface area contributed by atoms with Crippen molar-refractivity contribution in [3.05, 3.63) is 0 Å². The minimum absolute atomic E-state index is 0.144. The summed E-state index contributed by atoms with van der Waals surface area (Å²) in [6.45, 7) is -3.60. The third kappa shape index (κ3) is 9.58. The minimum Gasteiger partial charge on any atom is -0.477 e. The molecule has 3 aliphatic rings. The molecule has 0 saturated carbocycles. The lowest BCUT2D eigenvalue weighted by Crippen LogP contribution is -2.68. The van der Waals surface area contributed by atoms with E-state index in [1.54, 1.807) is 0 Å². The zero-order valence-electron chi connectivity index (χ0n) is 26.6. The Bertz CT molecular complexity index is 1000. The van der Waals surface area contributed by atoms with Crippen LogP contribution in [0.1, 0.15) is 25.7 Å². The SMILES string of the molecule is NCCCCCOC1(C(=O)O)CC(O)C(OC2OC(C(O)CO)C(O)C(OC3OC(C(O)CO)C(O)C(O)C3CO)C2O)C(C(O)CO)O1. The molecular weight excluding hydrogens is 670 g/mol. The maximum atomic E-state index is 12.3. The Morgan fingerprint density at radius 2 is 1.29 bits per heavy atom. The first-order chi connectivity index (χ1) is 23.2. The van der Waals surface area contributed by atoms with Gasteiger partial charge in [0.2, 0.25) is 0 Å². The molecule has 17 atom stereocenters. The molecular formula is C28H51NO20. The second-order valence-corrected chi connectivity index (χ2v) is 12.3. The Hall–Kier alpha value is -1.29. The van der Waals surface area contributed by atoms with Gasteiger partial charge in [-0.05, 0) is 25.8 Å². The van der Waals surface area contributed by atoms with Crippen molar-refractivity contribution in [2.24, 2.45) is 11.7 Å². The number of carboxylic acid groups (broad SMARTS) is 1. The molecule has 0 aromatic heterocycles. The lowest BCUT2D eigenvalue weighted by Gasteiger charge is -2.50. The largest absolute Gasteiger partial charge is 0.477 e. The van der Waals surface area contributed by atoms with Gasteiger partial charge in [-0.15, -0.1) is 0 Å². The highest BCUT2D eigenvalue weighted by Crippen LogP contribution is 2.38. The monoisotopic (exact) mass is 721 g/mol. The molecule has 0 bridgehead atoms. The number of aliphatic carboxylic acids is 1. The van der Waals surface area contributed by atoms with Crippen LogP contribution >= 0.6 is 0 Å². The lowest BCUT2D eigenvalue weighted by molar-refractivity contribution is -0.386. The average molecular weight is 722 g/mol. The lowest BCUT2D eigenvalue weighted by atomic mass is 9.88. The van der Waals surface area contributed by atoms with Crippen LogP contribution in [0.4, 0.5) is 0 Å². The second kappa shape index (κ2) is 19.0. The van der Waals surface area contributed by atoms with E-state index in [0.717, 1.165) is 0 Å². The minimum atomic E-state index is -2.51. The fourth-order valence-electron chi connectivity index (χ4n) is 6.03. The molecule has 3 rings (SSSR count). The van der Waals surface area contributed by atoms with E-state index in [-0.39, 0.29) is 6.61 Å². The highest BCUT2D eigenvalue weighted by Gasteiger charge is 2.58. The van der Waals surface area contributed by atoms with Crippen molar-refractivity contribution in [3.8, 4) is 0 Å². The van der Waals surface area contributed by atoms with E-state index in [1.165, 1.54) is 0 Å². The van der Waals surface area contributed by atoms with Crippen LogP contribution in [-0.4, -0.2) is 210 Å². The molecule has 3 aliphatic heterocycles. The molecule has 3 saturated heterocycles. The van der Waals surface area contributed by atoms with Crippen molar-refractivity contribution in [1.29, 1.82) is 0 Å². The molecule has 0 amide bonds. The molecule has 21 nitrogen and oxygen atoms in total. The summed E-state index contributed by atoms with van der Waals surface area (Å²) in [7, 11) is 0. The van der Waals surface area contributed by atoms with Crippen molar-refractivity contribution in [1.82, 2.24) is 0 Å². The smallest absolute Gasteiger partial charge is 0.364 e. The van der Waals surface area contributed by atoms with E-state index in [9.17, 15) is 71.2 Å². The van der Waals surface area contributed by atoms with Crippen molar-refractivity contribution >= 4 is 5.97 Å². The van der Waals surface area contributed by atoms with Crippen LogP contribution in [0.15, 0.2) is 0 Å². The third-order valence-electron chi connectivity index (χ3n) is 8.86. The molecule has 0 aromatic carbocycles. The molecule has 3 fully saturated rings. The number of carbonyl (C=O) groups is 1. The fourth-order valence-corrected chi connectivity index (χ4v) is 6.03. The van der Waals surface area contributed by atoms with Crippen LogP contribution in [0.5, 0.6) is 0 Å². The molecule has 288 valence electrons. The van der Waals surface area contributed by atoms with Crippen molar-refractivity contribution in [2.45, 2.75) is 123 Å². The molecule has 49 heavy (non-hydrogen) atoms. The van der Waals surface area contributed by atoms with Gasteiger partial charge < -0.3 is 101 Å². The molecule has 0 radical (unpaired) electrons. The number of carboxylic acids is 1. The van der Waals surface area contributed by atoms with Crippen LogP contribution in [0, 0.1) is 5.92 Å². The molecule has 0 aromatic rings. The zero-order valence-corrected chi connectivity index (χ0v) is 26.6. The third-order valence-corrected chi connectivity index (χ3v) is 8.86. The average Bonchev–Trinajstić information content (AvgIpc) is 3.08. The summed E-state index contributed by atoms with van der Waals surface area (Å²) in [5, 5.41) is 134. The summed E-state index contributed by atoms with van der Waals surface area (Å²) in [6, 6.07) is 0. The van der Waals surface area contributed by atoms with E-state index in [0.29, 0.717) is 25.8 Å². The number of ether oxygens (including phenoxy) is 6. The number of hydrogen-bond donors (Lipinski definition) is 14. The Morgan fingerprint density at radius 3 is 1.84 bits per heavy atom.